The normalized spacial score (nSPS) is 9.90. The fourth-order valence-electron chi connectivity index (χ4n) is 1.86. The average Bonchev–Trinajstić information content (AvgIpc) is 2.47. The van der Waals surface area contributed by atoms with E-state index in [9.17, 15) is 4.39 Å². The molecule has 2 aromatic carbocycles. The van der Waals surface area contributed by atoms with E-state index in [4.69, 9.17) is 10.5 Å². The molecule has 2 N–H and O–H groups in total. The molecule has 0 bridgehead atoms. The summed E-state index contributed by atoms with van der Waals surface area (Å²) in [6.45, 7) is 4.52. The molecule has 2 nitrogen and oxygen atoms in total. The number of hydrogen-bond acceptors (Lipinski definition) is 2. The third-order valence-electron chi connectivity index (χ3n) is 3.26. The van der Waals surface area contributed by atoms with Gasteiger partial charge in [-0.3, -0.25) is 0 Å². The van der Waals surface area contributed by atoms with Crippen LogP contribution in [-0.4, -0.2) is 6.54 Å². The molecule has 0 amide bonds. The highest BCUT2D eigenvalue weighted by atomic mass is 19.1. The molecule has 3 heteroatoms. The molecule has 2 rings (SSSR count). The molecule has 0 heterocycles. The Morgan fingerprint density at radius 2 is 1.90 bits per heavy atom. The number of hydrogen-bond donors (Lipinski definition) is 1. The van der Waals surface area contributed by atoms with Crippen LogP contribution in [0.3, 0.4) is 0 Å². The van der Waals surface area contributed by atoms with E-state index in [0.717, 1.165) is 11.3 Å². The van der Waals surface area contributed by atoms with E-state index in [-0.39, 0.29) is 19.0 Å². The summed E-state index contributed by atoms with van der Waals surface area (Å²) < 4.78 is 19.6. The molecule has 0 aromatic heterocycles. The first-order valence-corrected chi connectivity index (χ1v) is 6.77. The fraction of sp³-hybridized carbons (Fsp3) is 0.222. The minimum Gasteiger partial charge on any atom is -0.489 e. The van der Waals surface area contributed by atoms with Gasteiger partial charge >= 0.3 is 0 Å². The van der Waals surface area contributed by atoms with E-state index in [2.05, 4.69) is 11.8 Å². The van der Waals surface area contributed by atoms with Gasteiger partial charge in [0.15, 0.2) is 0 Å². The van der Waals surface area contributed by atoms with Crippen molar-refractivity contribution in [2.45, 2.75) is 20.5 Å². The molecule has 0 spiro atoms. The van der Waals surface area contributed by atoms with Crippen LogP contribution in [-0.2, 0) is 6.61 Å². The summed E-state index contributed by atoms with van der Waals surface area (Å²) in [5.74, 6) is 5.93. The Hall–Kier alpha value is -2.31. The zero-order chi connectivity index (χ0) is 15.2. The molecule has 2 aromatic rings. The van der Waals surface area contributed by atoms with Crippen LogP contribution in [0.25, 0.3) is 0 Å². The minimum absolute atomic E-state index is 0.193. The molecule has 0 fully saturated rings. The van der Waals surface area contributed by atoms with Gasteiger partial charge in [-0.05, 0) is 49.2 Å². The summed E-state index contributed by atoms with van der Waals surface area (Å²) in [6, 6.07) is 10.7. The molecule has 0 atom stereocenters. The van der Waals surface area contributed by atoms with Crippen LogP contribution in [0.2, 0.25) is 0 Å². The van der Waals surface area contributed by atoms with Gasteiger partial charge in [-0.25, -0.2) is 4.39 Å². The Kier molecular flexibility index (Phi) is 4.97. The van der Waals surface area contributed by atoms with E-state index >= 15 is 0 Å². The van der Waals surface area contributed by atoms with Crippen molar-refractivity contribution >= 4 is 0 Å². The van der Waals surface area contributed by atoms with Crippen molar-refractivity contribution in [3.63, 3.8) is 0 Å². The Morgan fingerprint density at radius 1 is 1.10 bits per heavy atom. The summed E-state index contributed by atoms with van der Waals surface area (Å²) in [4.78, 5) is 0. The topological polar surface area (TPSA) is 35.2 Å². The van der Waals surface area contributed by atoms with Crippen LogP contribution < -0.4 is 10.5 Å². The second-order valence-corrected chi connectivity index (χ2v) is 4.85. The van der Waals surface area contributed by atoms with Crippen molar-refractivity contribution in [3.8, 4) is 17.6 Å². The maximum atomic E-state index is 13.9. The quantitative estimate of drug-likeness (QED) is 0.877. The lowest BCUT2D eigenvalue weighted by atomic mass is 10.1. The van der Waals surface area contributed by atoms with Crippen LogP contribution in [0.4, 0.5) is 4.39 Å². The molecule has 0 aliphatic rings. The predicted octanol–water partition coefficient (Wildman–Crippen LogP) is 3.33. The van der Waals surface area contributed by atoms with Gasteiger partial charge in [-0.2, -0.15) is 0 Å². The van der Waals surface area contributed by atoms with E-state index in [0.29, 0.717) is 11.1 Å². The molecule has 0 saturated carbocycles. The van der Waals surface area contributed by atoms with E-state index < -0.39 is 0 Å². The zero-order valence-electron chi connectivity index (χ0n) is 12.2. The van der Waals surface area contributed by atoms with E-state index in [1.165, 1.54) is 11.6 Å². The number of aryl methyl sites for hydroxylation is 2. The lowest BCUT2D eigenvalue weighted by Gasteiger charge is -2.09. The van der Waals surface area contributed by atoms with Gasteiger partial charge in [0, 0.05) is 11.1 Å². The van der Waals surface area contributed by atoms with Crippen molar-refractivity contribution < 1.29 is 9.13 Å². The smallest absolute Gasteiger partial charge is 0.131 e. The van der Waals surface area contributed by atoms with Crippen LogP contribution in [0.5, 0.6) is 5.75 Å². The zero-order valence-corrected chi connectivity index (χ0v) is 12.2. The Labute approximate surface area is 124 Å². The highest BCUT2D eigenvalue weighted by Crippen LogP contribution is 2.19. The van der Waals surface area contributed by atoms with Crippen molar-refractivity contribution in [3.05, 3.63) is 64.5 Å². The van der Waals surface area contributed by atoms with Crippen molar-refractivity contribution in [1.82, 2.24) is 0 Å². The maximum Gasteiger partial charge on any atom is 0.131 e. The molecule has 0 aliphatic carbocycles. The summed E-state index contributed by atoms with van der Waals surface area (Å²) in [5, 5.41) is 0. The molecule has 0 unspecified atom stereocenters. The van der Waals surface area contributed by atoms with Crippen molar-refractivity contribution in [1.29, 1.82) is 0 Å². The van der Waals surface area contributed by atoms with Gasteiger partial charge < -0.3 is 10.5 Å². The Bertz CT molecular complexity index is 698. The second kappa shape index (κ2) is 6.92. The third kappa shape index (κ3) is 4.08. The number of halogens is 1. The SMILES string of the molecule is Cc1ccc(OCc2ccc(C#CCN)cc2F)cc1C. The minimum atomic E-state index is -0.317. The van der Waals surface area contributed by atoms with Crippen LogP contribution >= 0.6 is 0 Å². The second-order valence-electron chi connectivity index (χ2n) is 4.85. The first kappa shape index (κ1) is 15.1. The number of ether oxygens (including phenoxy) is 1. The average molecular weight is 283 g/mol. The van der Waals surface area contributed by atoms with E-state index in [1.807, 2.05) is 32.0 Å². The molecular weight excluding hydrogens is 265 g/mol. The predicted molar refractivity (Wildman–Crippen MR) is 82.6 cm³/mol. The van der Waals surface area contributed by atoms with Crippen molar-refractivity contribution in [2.24, 2.45) is 5.73 Å². The summed E-state index contributed by atoms with van der Waals surface area (Å²) in [5.41, 5.74) is 8.77. The lowest BCUT2D eigenvalue weighted by Crippen LogP contribution is -1.99. The van der Waals surface area contributed by atoms with Crippen LogP contribution in [0.1, 0.15) is 22.3 Å². The van der Waals surface area contributed by atoms with Gasteiger partial charge in [-0.15, -0.1) is 0 Å². The monoisotopic (exact) mass is 283 g/mol. The maximum absolute atomic E-state index is 13.9. The van der Waals surface area contributed by atoms with Gasteiger partial charge in [0.2, 0.25) is 0 Å². The molecule has 21 heavy (non-hydrogen) atoms. The summed E-state index contributed by atoms with van der Waals surface area (Å²) >= 11 is 0. The first-order chi connectivity index (χ1) is 10.1. The highest BCUT2D eigenvalue weighted by Gasteiger charge is 2.04. The Morgan fingerprint density at radius 3 is 2.57 bits per heavy atom. The largest absolute Gasteiger partial charge is 0.489 e. The van der Waals surface area contributed by atoms with Gasteiger partial charge in [0.05, 0.1) is 6.54 Å². The molecule has 108 valence electrons. The third-order valence-corrected chi connectivity index (χ3v) is 3.26. The number of benzene rings is 2. The van der Waals surface area contributed by atoms with Gasteiger partial charge in [0.1, 0.15) is 18.2 Å². The lowest BCUT2D eigenvalue weighted by molar-refractivity contribution is 0.299. The standard InChI is InChI=1S/C18H18FNO/c1-13-5-8-17(10-14(13)2)21-12-16-7-6-15(4-3-9-20)11-18(16)19/h5-8,10-11H,9,12,20H2,1-2H3. The Balaban J connectivity index is 2.07. The molecule has 0 aliphatic heterocycles. The molecule has 0 saturated heterocycles. The van der Waals surface area contributed by atoms with Crippen molar-refractivity contribution in [2.75, 3.05) is 6.54 Å². The number of rotatable bonds is 3. The first-order valence-electron chi connectivity index (χ1n) is 6.77. The molecular formula is C18H18FNO. The summed E-state index contributed by atoms with van der Waals surface area (Å²) in [6.07, 6.45) is 0. The van der Waals surface area contributed by atoms with Gasteiger partial charge in [-0.1, -0.05) is 24.0 Å². The van der Waals surface area contributed by atoms with E-state index in [1.54, 1.807) is 12.1 Å². The van der Waals surface area contributed by atoms with Gasteiger partial charge in [0.25, 0.3) is 0 Å². The summed E-state index contributed by atoms with van der Waals surface area (Å²) in [7, 11) is 0. The van der Waals surface area contributed by atoms with Crippen LogP contribution in [0, 0.1) is 31.5 Å². The van der Waals surface area contributed by atoms with Crippen LogP contribution in [0.15, 0.2) is 36.4 Å². The highest BCUT2D eigenvalue weighted by molar-refractivity contribution is 5.38. The fourth-order valence-corrected chi connectivity index (χ4v) is 1.86. The number of nitrogens with two attached hydrogens (primary N) is 1. The molecule has 0 radical (unpaired) electrons.